The fourth-order valence-electron chi connectivity index (χ4n) is 2.47. The van der Waals surface area contributed by atoms with Crippen LogP contribution in [-0.4, -0.2) is 15.0 Å². The molecule has 4 rings (SSSR count). The van der Waals surface area contributed by atoms with Crippen LogP contribution >= 0.6 is 0 Å². The maximum absolute atomic E-state index is 4.55. The van der Waals surface area contributed by atoms with Gasteiger partial charge in [0.25, 0.3) is 0 Å². The Morgan fingerprint density at radius 1 is 0.850 bits per heavy atom. The van der Waals surface area contributed by atoms with Gasteiger partial charge in [0.15, 0.2) is 0 Å². The third-order valence-electron chi connectivity index (χ3n) is 3.38. The minimum Gasteiger partial charge on any atom is -0.256 e. The molecule has 0 bridgehead atoms. The number of para-hydroxylation sites is 1. The molecule has 0 saturated carbocycles. The lowest BCUT2D eigenvalue weighted by molar-refractivity contribution is 1.27. The Hall–Kier alpha value is -2.81. The van der Waals surface area contributed by atoms with Gasteiger partial charge in [-0.3, -0.25) is 9.97 Å². The van der Waals surface area contributed by atoms with E-state index in [1.54, 1.807) is 6.20 Å². The van der Waals surface area contributed by atoms with Crippen molar-refractivity contribution in [1.82, 2.24) is 15.0 Å². The molecule has 93 valence electrons. The Morgan fingerprint density at radius 3 is 2.80 bits per heavy atom. The highest BCUT2D eigenvalue weighted by molar-refractivity contribution is 6.01. The maximum Gasteiger partial charge on any atom is 0.109 e. The molecule has 1 radical (unpaired) electrons. The van der Waals surface area contributed by atoms with Crippen molar-refractivity contribution in [3.8, 4) is 11.3 Å². The number of aromatic nitrogens is 3. The predicted molar refractivity (Wildman–Crippen MR) is 79.1 cm³/mol. The molecule has 4 aromatic rings. The van der Waals surface area contributed by atoms with Gasteiger partial charge in [-0.1, -0.05) is 36.4 Å². The molecule has 3 heteroatoms. The first-order chi connectivity index (χ1) is 9.93. The molecule has 2 aromatic carbocycles. The number of pyridine rings is 1. The highest BCUT2D eigenvalue weighted by atomic mass is 14.8. The normalized spacial score (nSPS) is 11.0. The van der Waals surface area contributed by atoms with Crippen LogP contribution in [0.25, 0.3) is 33.1 Å². The van der Waals surface area contributed by atoms with Gasteiger partial charge < -0.3 is 0 Å². The monoisotopic (exact) mass is 256 g/mol. The van der Waals surface area contributed by atoms with Crippen molar-refractivity contribution in [1.29, 1.82) is 0 Å². The number of fused-ring (bicyclic) bond motifs is 2. The molecule has 3 nitrogen and oxygen atoms in total. The second-order valence-corrected chi connectivity index (χ2v) is 4.55. The lowest BCUT2D eigenvalue weighted by Gasteiger charge is -2.07. The molecule has 0 aliphatic rings. The lowest BCUT2D eigenvalue weighted by atomic mass is 10.0. The van der Waals surface area contributed by atoms with Crippen molar-refractivity contribution in [3.05, 3.63) is 67.1 Å². The summed E-state index contributed by atoms with van der Waals surface area (Å²) < 4.78 is 0. The summed E-state index contributed by atoms with van der Waals surface area (Å²) in [5, 5.41) is 2.29. The highest BCUT2D eigenvalue weighted by Crippen LogP contribution is 2.30. The third kappa shape index (κ3) is 1.64. The average molecular weight is 256 g/mol. The van der Waals surface area contributed by atoms with Crippen molar-refractivity contribution >= 4 is 21.8 Å². The Kier molecular flexibility index (Phi) is 2.42. The van der Waals surface area contributed by atoms with E-state index in [2.05, 4.69) is 33.3 Å². The van der Waals surface area contributed by atoms with E-state index in [1.807, 2.05) is 42.6 Å². The largest absolute Gasteiger partial charge is 0.256 e. The van der Waals surface area contributed by atoms with Crippen LogP contribution in [0.3, 0.4) is 0 Å². The molecule has 0 fully saturated rings. The molecule has 2 aromatic heterocycles. The van der Waals surface area contributed by atoms with E-state index in [9.17, 15) is 0 Å². The summed E-state index contributed by atoms with van der Waals surface area (Å²) in [6.45, 7) is 0. The Bertz CT molecular complexity index is 828. The summed E-state index contributed by atoms with van der Waals surface area (Å²) in [5.74, 6) is 0. The maximum atomic E-state index is 4.55. The summed E-state index contributed by atoms with van der Waals surface area (Å²) in [5.41, 5.74) is 3.63. The van der Waals surface area contributed by atoms with Crippen LogP contribution in [0.1, 0.15) is 0 Å². The first-order valence-electron chi connectivity index (χ1n) is 6.39. The molecule has 0 atom stereocenters. The van der Waals surface area contributed by atoms with Crippen molar-refractivity contribution in [3.63, 3.8) is 0 Å². The van der Waals surface area contributed by atoms with E-state index in [0.717, 1.165) is 27.7 Å². The van der Waals surface area contributed by atoms with Crippen LogP contribution in [0, 0.1) is 6.20 Å². The summed E-state index contributed by atoms with van der Waals surface area (Å²) >= 11 is 0. The molecule has 0 aliphatic carbocycles. The van der Waals surface area contributed by atoms with E-state index in [-0.39, 0.29) is 0 Å². The van der Waals surface area contributed by atoms with Gasteiger partial charge in [-0.05, 0) is 17.5 Å². The van der Waals surface area contributed by atoms with Crippen LogP contribution in [0.15, 0.2) is 60.9 Å². The Balaban J connectivity index is 2.12. The quantitative estimate of drug-likeness (QED) is 0.522. The molecule has 20 heavy (non-hydrogen) atoms. The standard InChI is InChI=1S/C17H10N3/c1-2-5-13-12(4-1)8-9-19-16(13)14-6-3-7-15-17(14)20-11-10-18-15/h1-9,11H. The van der Waals surface area contributed by atoms with Crippen molar-refractivity contribution in [2.45, 2.75) is 0 Å². The van der Waals surface area contributed by atoms with Gasteiger partial charge in [0.2, 0.25) is 0 Å². The van der Waals surface area contributed by atoms with E-state index in [4.69, 9.17) is 0 Å². The molecule has 0 N–H and O–H groups in total. The Morgan fingerprint density at radius 2 is 1.80 bits per heavy atom. The molecular weight excluding hydrogens is 246 g/mol. The summed E-state index contributed by atoms with van der Waals surface area (Å²) in [6.07, 6.45) is 6.20. The fourth-order valence-corrected chi connectivity index (χ4v) is 2.47. The van der Waals surface area contributed by atoms with Crippen LogP contribution in [0.2, 0.25) is 0 Å². The molecule has 2 heterocycles. The molecule has 0 spiro atoms. The number of rotatable bonds is 1. The topological polar surface area (TPSA) is 38.7 Å². The number of hydrogen-bond acceptors (Lipinski definition) is 3. The predicted octanol–water partition coefficient (Wildman–Crippen LogP) is 3.65. The summed E-state index contributed by atoms with van der Waals surface area (Å²) in [6, 6.07) is 16.2. The van der Waals surface area contributed by atoms with E-state index < -0.39 is 0 Å². The zero-order chi connectivity index (χ0) is 13.4. The second-order valence-electron chi connectivity index (χ2n) is 4.55. The van der Waals surface area contributed by atoms with Crippen LogP contribution in [0.4, 0.5) is 0 Å². The van der Waals surface area contributed by atoms with Crippen molar-refractivity contribution in [2.24, 2.45) is 0 Å². The van der Waals surface area contributed by atoms with Gasteiger partial charge in [-0.15, -0.1) is 0 Å². The zero-order valence-electron chi connectivity index (χ0n) is 10.6. The molecule has 0 unspecified atom stereocenters. The van der Waals surface area contributed by atoms with E-state index >= 15 is 0 Å². The molecule has 0 amide bonds. The van der Waals surface area contributed by atoms with Gasteiger partial charge in [-0.2, -0.15) is 0 Å². The van der Waals surface area contributed by atoms with Gasteiger partial charge >= 0.3 is 0 Å². The Labute approximate surface area is 116 Å². The average Bonchev–Trinajstić information content (AvgIpc) is 2.54. The molecule has 0 saturated heterocycles. The number of benzene rings is 2. The molecular formula is C17H10N3. The second kappa shape index (κ2) is 4.38. The van der Waals surface area contributed by atoms with Crippen LogP contribution in [0.5, 0.6) is 0 Å². The number of hydrogen-bond donors (Lipinski definition) is 0. The molecule has 0 aliphatic heterocycles. The number of nitrogens with zero attached hydrogens (tertiary/aromatic N) is 3. The zero-order valence-corrected chi connectivity index (χ0v) is 10.6. The summed E-state index contributed by atoms with van der Waals surface area (Å²) in [4.78, 5) is 13.2. The fraction of sp³-hybridized carbons (Fsp3) is 0. The smallest absolute Gasteiger partial charge is 0.109 e. The van der Waals surface area contributed by atoms with Crippen molar-refractivity contribution in [2.75, 3.05) is 0 Å². The third-order valence-corrected chi connectivity index (χ3v) is 3.38. The van der Waals surface area contributed by atoms with E-state index in [0.29, 0.717) is 0 Å². The first kappa shape index (κ1) is 11.1. The minimum atomic E-state index is 0.833. The summed E-state index contributed by atoms with van der Waals surface area (Å²) in [7, 11) is 0. The highest BCUT2D eigenvalue weighted by Gasteiger charge is 2.09. The van der Waals surface area contributed by atoms with Gasteiger partial charge in [0, 0.05) is 17.1 Å². The minimum absolute atomic E-state index is 0.833. The SMILES string of the molecule is [c]1cnc2c(-c3nccc4ccccc34)cccc2n1. The van der Waals surface area contributed by atoms with Crippen LogP contribution in [-0.2, 0) is 0 Å². The first-order valence-corrected chi connectivity index (χ1v) is 6.39. The lowest BCUT2D eigenvalue weighted by Crippen LogP contribution is -1.90. The van der Waals surface area contributed by atoms with Crippen LogP contribution < -0.4 is 0 Å². The van der Waals surface area contributed by atoms with Gasteiger partial charge in [0.1, 0.15) is 6.20 Å². The van der Waals surface area contributed by atoms with Crippen molar-refractivity contribution < 1.29 is 0 Å². The van der Waals surface area contributed by atoms with Gasteiger partial charge in [0.05, 0.1) is 22.9 Å². The van der Waals surface area contributed by atoms with E-state index in [1.165, 1.54) is 5.39 Å². The van der Waals surface area contributed by atoms with Gasteiger partial charge in [-0.25, -0.2) is 4.98 Å².